The highest BCUT2D eigenvalue weighted by atomic mass is 35.5. The highest BCUT2D eigenvalue weighted by Crippen LogP contribution is 2.15. The quantitative estimate of drug-likeness (QED) is 0.909. The fourth-order valence-corrected chi connectivity index (χ4v) is 2.66. The minimum absolute atomic E-state index is 0. The molecule has 3 nitrogen and oxygen atoms in total. The van der Waals surface area contributed by atoms with Crippen molar-refractivity contribution in [2.24, 2.45) is 0 Å². The molecule has 0 spiro atoms. The number of halogens is 1. The van der Waals surface area contributed by atoms with E-state index in [1.54, 1.807) is 0 Å². The fourth-order valence-electron chi connectivity index (χ4n) is 2.66. The molecule has 2 atom stereocenters. The van der Waals surface area contributed by atoms with Gasteiger partial charge in [0.2, 0.25) is 5.91 Å². The summed E-state index contributed by atoms with van der Waals surface area (Å²) in [7, 11) is 0. The van der Waals surface area contributed by atoms with Crippen LogP contribution in [0.2, 0.25) is 0 Å². The normalized spacial score (nSPS) is 22.3. The first-order valence-corrected chi connectivity index (χ1v) is 7.08. The van der Waals surface area contributed by atoms with E-state index in [2.05, 4.69) is 51.2 Å². The first-order chi connectivity index (χ1) is 8.99. The Kier molecular flexibility index (Phi) is 6.03. The van der Waals surface area contributed by atoms with Crippen molar-refractivity contribution < 1.29 is 4.79 Å². The lowest BCUT2D eigenvalue weighted by molar-refractivity contribution is -0.134. The Morgan fingerprint density at radius 1 is 1.35 bits per heavy atom. The summed E-state index contributed by atoms with van der Waals surface area (Å²) in [4.78, 5) is 14.5. The molecule has 0 radical (unpaired) electrons. The maximum Gasteiger partial charge on any atom is 0.227 e. The molecule has 1 N–H and O–H groups in total. The lowest BCUT2D eigenvalue weighted by atomic mass is 10.0. The molecule has 1 aliphatic rings. The summed E-state index contributed by atoms with van der Waals surface area (Å²) in [5.74, 6) is 0.245. The van der Waals surface area contributed by atoms with E-state index in [0.29, 0.717) is 12.5 Å². The van der Waals surface area contributed by atoms with Gasteiger partial charge in [0, 0.05) is 25.2 Å². The number of carbonyl (C=O) groups excluding carboxylic acids is 1. The topological polar surface area (TPSA) is 32.3 Å². The van der Waals surface area contributed by atoms with Crippen LogP contribution < -0.4 is 5.32 Å². The molecule has 1 aromatic rings. The molecule has 4 heteroatoms. The zero-order chi connectivity index (χ0) is 14.0. The van der Waals surface area contributed by atoms with Crippen molar-refractivity contribution in [3.8, 4) is 0 Å². The second-order valence-corrected chi connectivity index (χ2v) is 5.68. The number of hydrogen-bond acceptors (Lipinski definition) is 2. The lowest BCUT2D eigenvalue weighted by Crippen LogP contribution is -2.57. The molecule has 1 heterocycles. The first kappa shape index (κ1) is 17.0. The molecule has 0 aliphatic carbocycles. The zero-order valence-electron chi connectivity index (χ0n) is 12.8. The minimum atomic E-state index is 0. The third kappa shape index (κ3) is 3.74. The van der Waals surface area contributed by atoms with Gasteiger partial charge in [-0.05, 0) is 38.8 Å². The Morgan fingerprint density at radius 3 is 2.75 bits per heavy atom. The van der Waals surface area contributed by atoms with Gasteiger partial charge in [0.25, 0.3) is 0 Å². The summed E-state index contributed by atoms with van der Waals surface area (Å²) in [5, 5.41) is 3.41. The molecule has 0 bridgehead atoms. The predicted octanol–water partition coefficient (Wildman–Crippen LogP) is 2.48. The maximum absolute atomic E-state index is 12.5. The lowest BCUT2D eigenvalue weighted by Gasteiger charge is -2.38. The van der Waals surface area contributed by atoms with E-state index in [-0.39, 0.29) is 24.4 Å². The van der Waals surface area contributed by atoms with Crippen molar-refractivity contribution in [1.82, 2.24) is 10.2 Å². The Balaban J connectivity index is 0.00000200. The smallest absolute Gasteiger partial charge is 0.227 e. The Morgan fingerprint density at radius 2 is 2.05 bits per heavy atom. The van der Waals surface area contributed by atoms with Gasteiger partial charge in [-0.25, -0.2) is 0 Å². The largest absolute Gasteiger partial charge is 0.337 e. The van der Waals surface area contributed by atoms with Crippen molar-refractivity contribution in [3.63, 3.8) is 0 Å². The van der Waals surface area contributed by atoms with Crippen LogP contribution >= 0.6 is 12.4 Å². The van der Waals surface area contributed by atoms with Crippen LogP contribution in [0, 0.1) is 13.8 Å². The second-order valence-electron chi connectivity index (χ2n) is 5.68. The van der Waals surface area contributed by atoms with Crippen molar-refractivity contribution in [2.75, 3.05) is 13.1 Å². The van der Waals surface area contributed by atoms with Crippen LogP contribution in [0.1, 0.15) is 30.5 Å². The van der Waals surface area contributed by atoms with E-state index in [9.17, 15) is 4.79 Å². The summed E-state index contributed by atoms with van der Waals surface area (Å²) < 4.78 is 0. The van der Waals surface area contributed by atoms with E-state index >= 15 is 0 Å². The van der Waals surface area contributed by atoms with Gasteiger partial charge >= 0.3 is 0 Å². The third-order valence-corrected chi connectivity index (χ3v) is 4.20. The van der Waals surface area contributed by atoms with Gasteiger partial charge in [0.1, 0.15) is 0 Å². The number of hydrogen-bond donors (Lipinski definition) is 1. The van der Waals surface area contributed by atoms with Crippen LogP contribution in [0.4, 0.5) is 0 Å². The molecule has 112 valence electrons. The molecule has 2 rings (SSSR count). The van der Waals surface area contributed by atoms with Crippen LogP contribution in [0.3, 0.4) is 0 Å². The van der Waals surface area contributed by atoms with Gasteiger partial charge < -0.3 is 10.2 Å². The average molecular weight is 297 g/mol. The van der Waals surface area contributed by atoms with Crippen LogP contribution in [-0.4, -0.2) is 36.0 Å². The predicted molar refractivity (Wildman–Crippen MR) is 85.5 cm³/mol. The summed E-state index contributed by atoms with van der Waals surface area (Å²) in [6, 6.07) is 6.96. The van der Waals surface area contributed by atoms with E-state index in [4.69, 9.17) is 0 Å². The summed E-state index contributed by atoms with van der Waals surface area (Å²) >= 11 is 0. The second kappa shape index (κ2) is 7.09. The number of benzene rings is 1. The van der Waals surface area contributed by atoms with Gasteiger partial charge in [-0.1, -0.05) is 23.8 Å². The Hall–Kier alpha value is -1.06. The SMILES string of the molecule is Cc1ccc(C)c(CC(=O)N2CCNC(C)C2C)c1.Cl. The van der Waals surface area contributed by atoms with Crippen LogP contribution in [0.25, 0.3) is 0 Å². The number of amides is 1. The molecule has 1 saturated heterocycles. The molecule has 20 heavy (non-hydrogen) atoms. The highest BCUT2D eigenvalue weighted by Gasteiger charge is 2.27. The first-order valence-electron chi connectivity index (χ1n) is 7.08. The molecule has 2 unspecified atom stereocenters. The third-order valence-electron chi connectivity index (χ3n) is 4.20. The fraction of sp³-hybridized carbons (Fsp3) is 0.562. The van der Waals surface area contributed by atoms with Crippen LogP contribution in [0.15, 0.2) is 18.2 Å². The molecule has 0 saturated carbocycles. The molecular weight excluding hydrogens is 272 g/mol. The molecule has 1 aliphatic heterocycles. The zero-order valence-corrected chi connectivity index (χ0v) is 13.6. The number of piperazine rings is 1. The van der Waals surface area contributed by atoms with Gasteiger partial charge in [0.05, 0.1) is 6.42 Å². The van der Waals surface area contributed by atoms with Crippen molar-refractivity contribution in [3.05, 3.63) is 34.9 Å². The van der Waals surface area contributed by atoms with Crippen molar-refractivity contribution in [1.29, 1.82) is 0 Å². The van der Waals surface area contributed by atoms with Crippen molar-refractivity contribution >= 4 is 18.3 Å². The minimum Gasteiger partial charge on any atom is -0.337 e. The number of nitrogens with zero attached hydrogens (tertiary/aromatic N) is 1. The van der Waals surface area contributed by atoms with Gasteiger partial charge in [0.15, 0.2) is 0 Å². The van der Waals surface area contributed by atoms with E-state index < -0.39 is 0 Å². The van der Waals surface area contributed by atoms with Gasteiger partial charge in [-0.2, -0.15) is 0 Å². The van der Waals surface area contributed by atoms with Crippen LogP contribution in [0.5, 0.6) is 0 Å². The monoisotopic (exact) mass is 296 g/mol. The Bertz CT molecular complexity index is 476. The van der Waals surface area contributed by atoms with Gasteiger partial charge in [-0.3, -0.25) is 4.79 Å². The molecule has 0 aromatic heterocycles. The number of carbonyl (C=O) groups is 1. The number of rotatable bonds is 2. The summed E-state index contributed by atoms with van der Waals surface area (Å²) in [6.07, 6.45) is 0.518. The standard InChI is InChI=1S/C16H24N2O.ClH/c1-11-5-6-12(2)15(9-11)10-16(19)18-8-7-17-13(3)14(18)4;/h5-6,9,13-14,17H,7-8,10H2,1-4H3;1H. The maximum atomic E-state index is 12.5. The van der Waals surface area contributed by atoms with Crippen molar-refractivity contribution in [2.45, 2.75) is 46.2 Å². The molecular formula is C16H25ClN2O. The highest BCUT2D eigenvalue weighted by molar-refractivity contribution is 5.85. The molecule has 1 aromatic carbocycles. The van der Waals surface area contributed by atoms with E-state index in [1.165, 1.54) is 11.1 Å². The molecule has 1 fully saturated rings. The van der Waals surface area contributed by atoms with E-state index in [0.717, 1.165) is 18.7 Å². The van der Waals surface area contributed by atoms with Crippen LogP contribution in [-0.2, 0) is 11.2 Å². The summed E-state index contributed by atoms with van der Waals surface area (Å²) in [5.41, 5.74) is 3.58. The number of nitrogens with one attached hydrogen (secondary N) is 1. The average Bonchev–Trinajstić information content (AvgIpc) is 2.37. The summed E-state index contributed by atoms with van der Waals surface area (Å²) in [6.45, 7) is 10.1. The molecule has 1 amide bonds. The Labute approximate surface area is 128 Å². The van der Waals surface area contributed by atoms with E-state index in [1.807, 2.05) is 4.90 Å². The van der Waals surface area contributed by atoms with Gasteiger partial charge in [-0.15, -0.1) is 12.4 Å². The number of aryl methyl sites for hydroxylation is 2.